The molecule has 0 radical (unpaired) electrons. The molecule has 0 spiro atoms. The summed E-state index contributed by atoms with van der Waals surface area (Å²) in [5.74, 6) is 1.61. The van der Waals surface area contributed by atoms with Crippen LogP contribution in [0.25, 0.3) is 0 Å². The maximum absolute atomic E-state index is 11.6. The Morgan fingerprint density at radius 3 is 2.74 bits per heavy atom. The first-order valence-electron chi connectivity index (χ1n) is 7.07. The third kappa shape index (κ3) is 3.72. The molecule has 0 atom stereocenters. The summed E-state index contributed by atoms with van der Waals surface area (Å²) >= 11 is 1.33. The van der Waals surface area contributed by atoms with Gasteiger partial charge in [0.1, 0.15) is 0 Å². The van der Waals surface area contributed by atoms with Gasteiger partial charge in [0, 0.05) is 12.0 Å². The molecule has 5 nitrogen and oxygen atoms in total. The van der Waals surface area contributed by atoms with Crippen molar-refractivity contribution in [1.82, 2.24) is 15.5 Å². The van der Waals surface area contributed by atoms with Crippen molar-refractivity contribution in [2.75, 3.05) is 5.75 Å². The van der Waals surface area contributed by atoms with Crippen LogP contribution in [-0.4, -0.2) is 27.9 Å². The van der Waals surface area contributed by atoms with E-state index in [1.807, 2.05) is 0 Å². The Balaban J connectivity index is 1.48. The monoisotopic (exact) mass is 281 g/mol. The predicted molar refractivity (Wildman–Crippen MR) is 72.0 cm³/mol. The summed E-state index contributed by atoms with van der Waals surface area (Å²) in [6, 6.07) is 0.411. The number of nitrogens with one attached hydrogen (secondary N) is 1. The third-order valence-corrected chi connectivity index (χ3v) is 4.46. The zero-order valence-electron chi connectivity index (χ0n) is 10.9. The van der Waals surface area contributed by atoms with Gasteiger partial charge >= 0.3 is 0 Å². The Kier molecular flexibility index (Phi) is 4.06. The van der Waals surface area contributed by atoms with Crippen LogP contribution >= 0.6 is 11.8 Å². The van der Waals surface area contributed by atoms with Gasteiger partial charge in [0.15, 0.2) is 0 Å². The lowest BCUT2D eigenvalue weighted by Gasteiger charge is -2.17. The van der Waals surface area contributed by atoms with Gasteiger partial charge in [-0.1, -0.05) is 31.0 Å². The normalized spacial score (nSPS) is 20.4. The van der Waals surface area contributed by atoms with Gasteiger partial charge in [-0.2, -0.15) is 0 Å². The lowest BCUT2D eigenvalue weighted by Crippen LogP contribution is -2.26. The number of nitrogens with zero attached hydrogens (tertiary/aromatic N) is 2. The Morgan fingerprint density at radius 1 is 1.21 bits per heavy atom. The molecule has 0 saturated heterocycles. The summed E-state index contributed by atoms with van der Waals surface area (Å²) < 4.78 is 5.65. The molecule has 2 aliphatic rings. The molecular formula is C13H19N3O2S. The molecular weight excluding hydrogens is 262 g/mol. The number of hydrogen-bond acceptors (Lipinski definition) is 5. The number of hydrogen-bond donors (Lipinski definition) is 1. The molecule has 0 aliphatic heterocycles. The van der Waals surface area contributed by atoms with Crippen LogP contribution in [0.5, 0.6) is 0 Å². The number of thioether (sulfide) groups is 1. The van der Waals surface area contributed by atoms with E-state index in [-0.39, 0.29) is 5.91 Å². The van der Waals surface area contributed by atoms with Gasteiger partial charge in [0.2, 0.25) is 11.8 Å². The minimum absolute atomic E-state index is 0.0601. The summed E-state index contributed by atoms with van der Waals surface area (Å²) in [5, 5.41) is 11.6. The van der Waals surface area contributed by atoms with E-state index in [2.05, 4.69) is 15.5 Å². The quantitative estimate of drug-likeness (QED) is 0.840. The second kappa shape index (κ2) is 5.94. The first-order chi connectivity index (χ1) is 9.31. The first-order valence-corrected chi connectivity index (χ1v) is 8.05. The Bertz CT molecular complexity index is 439. The van der Waals surface area contributed by atoms with Crippen LogP contribution in [-0.2, 0) is 4.79 Å². The van der Waals surface area contributed by atoms with Crippen molar-refractivity contribution >= 4 is 17.7 Å². The van der Waals surface area contributed by atoms with Crippen molar-refractivity contribution in [3.8, 4) is 0 Å². The highest BCUT2D eigenvalue weighted by Crippen LogP contribution is 2.32. The molecule has 6 heteroatoms. The van der Waals surface area contributed by atoms with Gasteiger partial charge in [-0.15, -0.1) is 10.2 Å². The summed E-state index contributed by atoms with van der Waals surface area (Å²) in [6.07, 6.45) is 8.33. The van der Waals surface area contributed by atoms with E-state index >= 15 is 0 Å². The number of rotatable bonds is 5. The molecule has 104 valence electrons. The molecule has 1 heterocycles. The van der Waals surface area contributed by atoms with E-state index in [1.165, 1.54) is 31.0 Å². The van der Waals surface area contributed by atoms with Crippen LogP contribution in [0, 0.1) is 0 Å². The molecule has 1 N–H and O–H groups in total. The molecule has 0 bridgehead atoms. The summed E-state index contributed by atoms with van der Waals surface area (Å²) in [7, 11) is 0. The van der Waals surface area contributed by atoms with Crippen molar-refractivity contribution in [1.29, 1.82) is 0 Å². The number of aromatic nitrogens is 2. The molecule has 2 fully saturated rings. The van der Waals surface area contributed by atoms with Crippen molar-refractivity contribution in [2.45, 2.75) is 62.1 Å². The summed E-state index contributed by atoms with van der Waals surface area (Å²) in [5.41, 5.74) is 0. The number of carbonyl (C=O) groups is 1. The number of amides is 1. The standard InChI is InChI=1S/C13H19N3O2S/c17-11(14-10-6-7-10)8-19-13-16-15-12(18-13)9-4-2-1-3-5-9/h9-10H,1-8H2,(H,14,17). The maximum Gasteiger partial charge on any atom is 0.277 e. The Morgan fingerprint density at radius 2 is 2.00 bits per heavy atom. The SMILES string of the molecule is O=C(CSc1nnc(C2CCCCC2)o1)NC1CC1. The predicted octanol–water partition coefficient (Wildman–Crippen LogP) is 2.49. The average molecular weight is 281 g/mol. The zero-order chi connectivity index (χ0) is 13.1. The van der Waals surface area contributed by atoms with Gasteiger partial charge in [0.25, 0.3) is 5.22 Å². The van der Waals surface area contributed by atoms with Gasteiger partial charge in [-0.25, -0.2) is 0 Å². The molecule has 2 saturated carbocycles. The fraction of sp³-hybridized carbons (Fsp3) is 0.769. The van der Waals surface area contributed by atoms with E-state index in [0.29, 0.717) is 22.9 Å². The van der Waals surface area contributed by atoms with E-state index < -0.39 is 0 Å². The second-order valence-corrected chi connectivity index (χ2v) is 6.30. The minimum Gasteiger partial charge on any atom is -0.416 e. The molecule has 1 amide bonds. The lowest BCUT2D eigenvalue weighted by molar-refractivity contribution is -0.118. The number of carbonyl (C=O) groups excluding carboxylic acids is 1. The van der Waals surface area contributed by atoms with Gasteiger partial charge in [-0.05, 0) is 25.7 Å². The van der Waals surface area contributed by atoms with Crippen molar-refractivity contribution < 1.29 is 9.21 Å². The van der Waals surface area contributed by atoms with E-state index in [0.717, 1.165) is 31.6 Å². The van der Waals surface area contributed by atoms with Crippen LogP contribution in [0.15, 0.2) is 9.64 Å². The van der Waals surface area contributed by atoms with Gasteiger partial charge in [-0.3, -0.25) is 4.79 Å². The van der Waals surface area contributed by atoms with Crippen LogP contribution in [0.1, 0.15) is 56.8 Å². The maximum atomic E-state index is 11.6. The fourth-order valence-corrected chi connectivity index (χ4v) is 3.00. The average Bonchev–Trinajstić information content (AvgIpc) is 3.12. The topological polar surface area (TPSA) is 68.0 Å². The third-order valence-electron chi connectivity index (χ3n) is 3.65. The highest BCUT2D eigenvalue weighted by Gasteiger charge is 2.24. The Labute approximate surface area is 116 Å². The zero-order valence-corrected chi connectivity index (χ0v) is 11.7. The highest BCUT2D eigenvalue weighted by molar-refractivity contribution is 7.99. The highest BCUT2D eigenvalue weighted by atomic mass is 32.2. The smallest absolute Gasteiger partial charge is 0.277 e. The van der Waals surface area contributed by atoms with Crippen LogP contribution in [0.4, 0.5) is 0 Å². The summed E-state index contributed by atoms with van der Waals surface area (Å²) in [6.45, 7) is 0. The second-order valence-electron chi connectivity index (χ2n) is 5.37. The van der Waals surface area contributed by atoms with E-state index in [4.69, 9.17) is 4.42 Å². The van der Waals surface area contributed by atoms with Gasteiger partial charge in [0.05, 0.1) is 5.75 Å². The first kappa shape index (κ1) is 13.0. The summed E-state index contributed by atoms with van der Waals surface area (Å²) in [4.78, 5) is 11.6. The van der Waals surface area contributed by atoms with Crippen LogP contribution < -0.4 is 5.32 Å². The molecule has 3 rings (SSSR count). The fourth-order valence-electron chi connectivity index (χ4n) is 2.42. The van der Waals surface area contributed by atoms with E-state index in [9.17, 15) is 4.79 Å². The molecule has 0 unspecified atom stereocenters. The molecule has 1 aromatic rings. The lowest BCUT2D eigenvalue weighted by atomic mass is 9.89. The molecule has 1 aromatic heterocycles. The Hall–Kier alpha value is -1.04. The molecule has 2 aliphatic carbocycles. The molecule has 19 heavy (non-hydrogen) atoms. The van der Waals surface area contributed by atoms with Gasteiger partial charge < -0.3 is 9.73 Å². The van der Waals surface area contributed by atoms with Crippen molar-refractivity contribution in [2.24, 2.45) is 0 Å². The van der Waals surface area contributed by atoms with E-state index in [1.54, 1.807) is 0 Å². The molecule has 0 aromatic carbocycles. The van der Waals surface area contributed by atoms with Crippen LogP contribution in [0.3, 0.4) is 0 Å². The van der Waals surface area contributed by atoms with Crippen LogP contribution in [0.2, 0.25) is 0 Å². The van der Waals surface area contributed by atoms with Crippen molar-refractivity contribution in [3.05, 3.63) is 5.89 Å². The van der Waals surface area contributed by atoms with Crippen molar-refractivity contribution in [3.63, 3.8) is 0 Å². The minimum atomic E-state index is 0.0601. The largest absolute Gasteiger partial charge is 0.416 e.